The van der Waals surface area contributed by atoms with Gasteiger partial charge in [-0.2, -0.15) is 4.68 Å². The molecule has 1 N–H and O–H groups in total. The number of thioether (sulfide) groups is 1. The van der Waals surface area contributed by atoms with E-state index < -0.39 is 5.25 Å². The van der Waals surface area contributed by atoms with Crippen LogP contribution in [0, 0.1) is 0 Å². The first-order chi connectivity index (χ1) is 15.1. The highest BCUT2D eigenvalue weighted by atomic mass is 32.2. The Bertz CT molecular complexity index is 1140. The number of tetrazole rings is 1. The Balaban J connectivity index is 1.40. The number of para-hydroxylation sites is 1. The number of hydrogen-bond donors (Lipinski definition) is 1. The van der Waals surface area contributed by atoms with E-state index in [9.17, 15) is 4.79 Å². The molecule has 0 aliphatic carbocycles. The minimum absolute atomic E-state index is 0.166. The molecule has 1 atom stereocenters. The second kappa shape index (κ2) is 9.71. The van der Waals surface area contributed by atoms with Crippen molar-refractivity contribution in [1.29, 1.82) is 0 Å². The van der Waals surface area contributed by atoms with E-state index in [1.807, 2.05) is 73.8 Å². The van der Waals surface area contributed by atoms with Crippen molar-refractivity contribution in [3.05, 3.63) is 60.0 Å². The number of amides is 1. The molecule has 0 radical (unpaired) electrons. The van der Waals surface area contributed by atoms with Crippen LogP contribution in [0.25, 0.3) is 16.9 Å². The average Bonchev–Trinajstić information content (AvgIpc) is 3.45. The van der Waals surface area contributed by atoms with Crippen molar-refractivity contribution in [1.82, 2.24) is 25.2 Å². The van der Waals surface area contributed by atoms with Gasteiger partial charge in [0.1, 0.15) is 5.75 Å². The fourth-order valence-electron chi connectivity index (χ4n) is 2.75. The standard InChI is InChI=1S/C21H20N6O2S2/c1-3-29-17-11-9-15(10-12-17)18-13-30-20(22-18)23-19(28)14(2)31-21-24-25-26-27(21)16-7-5-4-6-8-16/h4-14H,3H2,1-2H3,(H,22,23,28). The van der Waals surface area contributed by atoms with Gasteiger partial charge in [0.2, 0.25) is 11.1 Å². The summed E-state index contributed by atoms with van der Waals surface area (Å²) >= 11 is 2.67. The third-order valence-electron chi connectivity index (χ3n) is 4.29. The smallest absolute Gasteiger partial charge is 0.239 e. The molecule has 4 aromatic rings. The Morgan fingerprint density at radius 3 is 2.71 bits per heavy atom. The fraction of sp³-hybridized carbons (Fsp3) is 0.190. The third-order valence-corrected chi connectivity index (χ3v) is 6.08. The van der Waals surface area contributed by atoms with E-state index in [4.69, 9.17) is 4.74 Å². The van der Waals surface area contributed by atoms with Gasteiger partial charge in [-0.05, 0) is 60.7 Å². The Kier molecular flexibility index (Phi) is 6.58. The zero-order valence-corrected chi connectivity index (χ0v) is 18.6. The lowest BCUT2D eigenvalue weighted by Gasteiger charge is -2.10. The number of benzene rings is 2. The molecule has 0 aliphatic heterocycles. The molecule has 0 spiro atoms. The van der Waals surface area contributed by atoms with Crippen molar-refractivity contribution in [3.63, 3.8) is 0 Å². The van der Waals surface area contributed by atoms with Crippen LogP contribution in [0.1, 0.15) is 13.8 Å². The second-order valence-electron chi connectivity index (χ2n) is 6.45. The number of thiazole rings is 1. The number of ether oxygens (including phenoxy) is 1. The van der Waals surface area contributed by atoms with E-state index in [-0.39, 0.29) is 5.91 Å². The molecule has 8 nitrogen and oxygen atoms in total. The SMILES string of the molecule is CCOc1ccc(-c2csc(NC(=O)C(C)Sc3nnnn3-c3ccccc3)n2)cc1. The zero-order valence-electron chi connectivity index (χ0n) is 16.9. The number of anilines is 1. The molecule has 1 unspecified atom stereocenters. The van der Waals surface area contributed by atoms with E-state index in [2.05, 4.69) is 25.8 Å². The highest BCUT2D eigenvalue weighted by Gasteiger charge is 2.20. The number of nitrogens with zero attached hydrogens (tertiary/aromatic N) is 5. The molecule has 0 fully saturated rings. The van der Waals surface area contributed by atoms with Gasteiger partial charge in [0.25, 0.3) is 0 Å². The molecule has 0 saturated heterocycles. The number of hydrogen-bond acceptors (Lipinski definition) is 8. The Morgan fingerprint density at radius 1 is 1.19 bits per heavy atom. The molecule has 4 rings (SSSR count). The van der Waals surface area contributed by atoms with Crippen LogP contribution in [0.4, 0.5) is 5.13 Å². The Hall–Kier alpha value is -3.24. The normalized spacial score (nSPS) is 11.8. The van der Waals surface area contributed by atoms with E-state index in [0.717, 1.165) is 22.7 Å². The van der Waals surface area contributed by atoms with E-state index in [0.29, 0.717) is 16.9 Å². The van der Waals surface area contributed by atoms with Crippen molar-refractivity contribution < 1.29 is 9.53 Å². The lowest BCUT2D eigenvalue weighted by molar-refractivity contribution is -0.115. The number of nitrogens with one attached hydrogen (secondary N) is 1. The fourth-order valence-corrected chi connectivity index (χ4v) is 4.28. The number of rotatable bonds is 8. The summed E-state index contributed by atoms with van der Waals surface area (Å²) in [5.41, 5.74) is 2.60. The maximum atomic E-state index is 12.7. The largest absolute Gasteiger partial charge is 0.494 e. The minimum atomic E-state index is -0.411. The Labute approximate surface area is 187 Å². The Morgan fingerprint density at radius 2 is 1.97 bits per heavy atom. The van der Waals surface area contributed by atoms with E-state index in [1.165, 1.54) is 23.1 Å². The number of carbonyl (C=O) groups is 1. The van der Waals surface area contributed by atoms with Crippen LogP contribution >= 0.6 is 23.1 Å². The van der Waals surface area contributed by atoms with Gasteiger partial charge in [0.05, 0.1) is 23.2 Å². The first kappa shape index (κ1) is 21.0. The van der Waals surface area contributed by atoms with Crippen LogP contribution in [0.3, 0.4) is 0 Å². The van der Waals surface area contributed by atoms with Crippen molar-refractivity contribution in [3.8, 4) is 22.7 Å². The van der Waals surface area contributed by atoms with Gasteiger partial charge in [0, 0.05) is 10.9 Å². The van der Waals surface area contributed by atoms with Crippen molar-refractivity contribution >= 4 is 34.1 Å². The van der Waals surface area contributed by atoms with Gasteiger partial charge >= 0.3 is 0 Å². The van der Waals surface area contributed by atoms with Crippen molar-refractivity contribution in [2.45, 2.75) is 24.3 Å². The second-order valence-corrected chi connectivity index (χ2v) is 8.62. The molecule has 0 bridgehead atoms. The molecule has 0 saturated carbocycles. The monoisotopic (exact) mass is 452 g/mol. The summed E-state index contributed by atoms with van der Waals surface area (Å²) < 4.78 is 7.08. The first-order valence-electron chi connectivity index (χ1n) is 9.64. The molecule has 10 heteroatoms. The maximum absolute atomic E-state index is 12.7. The summed E-state index contributed by atoms with van der Waals surface area (Å²) in [6.45, 7) is 4.38. The molecule has 2 aromatic heterocycles. The number of carbonyl (C=O) groups excluding carboxylic acids is 1. The molecule has 31 heavy (non-hydrogen) atoms. The van der Waals surface area contributed by atoms with Crippen LogP contribution in [0.15, 0.2) is 65.1 Å². The summed E-state index contributed by atoms with van der Waals surface area (Å²) in [4.78, 5) is 17.2. The van der Waals surface area contributed by atoms with Gasteiger partial charge < -0.3 is 10.1 Å². The number of aromatic nitrogens is 5. The summed E-state index contributed by atoms with van der Waals surface area (Å²) in [5, 5.41) is 17.3. The summed E-state index contributed by atoms with van der Waals surface area (Å²) in [5.74, 6) is 0.652. The van der Waals surface area contributed by atoms with Gasteiger partial charge in [-0.25, -0.2) is 4.98 Å². The van der Waals surface area contributed by atoms with Crippen molar-refractivity contribution in [2.24, 2.45) is 0 Å². The van der Waals surface area contributed by atoms with E-state index in [1.54, 1.807) is 4.68 Å². The van der Waals surface area contributed by atoms with Crippen LogP contribution in [-0.4, -0.2) is 43.0 Å². The summed E-state index contributed by atoms with van der Waals surface area (Å²) in [7, 11) is 0. The lowest BCUT2D eigenvalue weighted by Crippen LogP contribution is -2.22. The first-order valence-corrected chi connectivity index (χ1v) is 11.4. The molecule has 0 aliphatic rings. The van der Waals surface area contributed by atoms with Gasteiger partial charge in [-0.15, -0.1) is 16.4 Å². The molecule has 2 aromatic carbocycles. The topological polar surface area (TPSA) is 94.8 Å². The molecular formula is C21H20N6O2S2. The predicted octanol–water partition coefficient (Wildman–Crippen LogP) is 4.30. The van der Waals surface area contributed by atoms with E-state index >= 15 is 0 Å². The zero-order chi connectivity index (χ0) is 21.6. The molecule has 1 amide bonds. The minimum Gasteiger partial charge on any atom is -0.494 e. The van der Waals surface area contributed by atoms with Crippen LogP contribution < -0.4 is 10.1 Å². The average molecular weight is 453 g/mol. The summed E-state index contributed by atoms with van der Waals surface area (Å²) in [6, 6.07) is 17.3. The van der Waals surface area contributed by atoms with Gasteiger partial charge in [-0.3, -0.25) is 4.79 Å². The van der Waals surface area contributed by atoms with Gasteiger partial charge in [-0.1, -0.05) is 30.0 Å². The highest BCUT2D eigenvalue weighted by Crippen LogP contribution is 2.28. The van der Waals surface area contributed by atoms with Crippen LogP contribution in [-0.2, 0) is 4.79 Å². The molecule has 2 heterocycles. The van der Waals surface area contributed by atoms with Crippen molar-refractivity contribution in [2.75, 3.05) is 11.9 Å². The molecule has 158 valence electrons. The lowest BCUT2D eigenvalue weighted by atomic mass is 10.2. The maximum Gasteiger partial charge on any atom is 0.239 e. The third kappa shape index (κ3) is 5.09. The van der Waals surface area contributed by atoms with Crippen LogP contribution in [0.2, 0.25) is 0 Å². The predicted molar refractivity (Wildman–Crippen MR) is 122 cm³/mol. The quantitative estimate of drug-likeness (QED) is 0.398. The molecular weight excluding hydrogens is 432 g/mol. The summed E-state index contributed by atoms with van der Waals surface area (Å²) in [6.07, 6.45) is 0. The van der Waals surface area contributed by atoms with Gasteiger partial charge in [0.15, 0.2) is 5.13 Å². The van der Waals surface area contributed by atoms with Crippen LogP contribution in [0.5, 0.6) is 5.75 Å². The highest BCUT2D eigenvalue weighted by molar-refractivity contribution is 8.00.